The summed E-state index contributed by atoms with van der Waals surface area (Å²) in [7, 11) is 3.56. The smallest absolute Gasteiger partial charge is 0.307 e. The third-order valence-electron chi connectivity index (χ3n) is 5.03. The molecule has 0 unspecified atom stereocenters. The lowest BCUT2D eigenvalue weighted by molar-refractivity contribution is -0.136. The van der Waals surface area contributed by atoms with Gasteiger partial charge in [-0.25, -0.2) is 0 Å². The predicted octanol–water partition coefficient (Wildman–Crippen LogP) is 4.00. The first-order valence-corrected chi connectivity index (χ1v) is 10.2. The first-order chi connectivity index (χ1) is 15.5. The van der Waals surface area contributed by atoms with Crippen LogP contribution in [-0.2, 0) is 22.6 Å². The number of carboxylic acid groups (broad SMARTS) is 1. The van der Waals surface area contributed by atoms with Gasteiger partial charge in [-0.15, -0.1) is 0 Å². The Morgan fingerprint density at radius 1 is 1.00 bits per heavy atom. The Morgan fingerprint density at radius 2 is 1.72 bits per heavy atom. The summed E-state index contributed by atoms with van der Waals surface area (Å²) < 4.78 is 5.55. The van der Waals surface area contributed by atoms with Crippen molar-refractivity contribution in [3.05, 3.63) is 95.1 Å². The molecular weight excluding hydrogens is 404 g/mol. The lowest BCUT2D eigenvalue weighted by Crippen LogP contribution is -2.20. The number of benzene rings is 3. The standard InChI is InChI=1S/C26H26N2O4/c1-28(18-19-8-4-3-5-9-19)23-11-7-6-10-21(23)26(27-14-15-29)22-16-20(17-25(30)31)12-13-24(22)32-2/h3-13,15-16H,14,17-18H2,1-2H3,(H,30,31)/b27-26+. The van der Waals surface area contributed by atoms with Crippen LogP contribution in [0.15, 0.2) is 77.8 Å². The van der Waals surface area contributed by atoms with Gasteiger partial charge in [0.2, 0.25) is 0 Å². The number of anilines is 1. The van der Waals surface area contributed by atoms with Gasteiger partial charge in [0.15, 0.2) is 0 Å². The molecule has 0 aliphatic heterocycles. The molecule has 3 aromatic rings. The van der Waals surface area contributed by atoms with Crippen LogP contribution in [0, 0.1) is 0 Å². The second-order valence-corrected chi connectivity index (χ2v) is 7.32. The second-order valence-electron chi connectivity index (χ2n) is 7.32. The van der Waals surface area contributed by atoms with E-state index in [0.29, 0.717) is 29.1 Å². The summed E-state index contributed by atoms with van der Waals surface area (Å²) in [4.78, 5) is 29.1. The lowest BCUT2D eigenvalue weighted by Gasteiger charge is -2.24. The molecule has 0 spiro atoms. The maximum Gasteiger partial charge on any atom is 0.307 e. The molecule has 0 radical (unpaired) electrons. The van der Waals surface area contributed by atoms with Gasteiger partial charge in [0.05, 0.1) is 25.8 Å². The van der Waals surface area contributed by atoms with Crippen molar-refractivity contribution in [1.82, 2.24) is 0 Å². The van der Waals surface area contributed by atoms with Crippen LogP contribution in [0.5, 0.6) is 5.75 Å². The molecule has 0 aliphatic carbocycles. The van der Waals surface area contributed by atoms with E-state index in [-0.39, 0.29) is 13.0 Å². The monoisotopic (exact) mass is 430 g/mol. The fourth-order valence-corrected chi connectivity index (χ4v) is 3.62. The van der Waals surface area contributed by atoms with E-state index in [4.69, 9.17) is 4.74 Å². The van der Waals surface area contributed by atoms with Crippen molar-refractivity contribution in [3.63, 3.8) is 0 Å². The molecule has 0 fully saturated rings. The highest BCUT2D eigenvalue weighted by molar-refractivity contribution is 6.17. The minimum Gasteiger partial charge on any atom is -0.496 e. The number of para-hydroxylation sites is 1. The van der Waals surface area contributed by atoms with Crippen molar-refractivity contribution < 1.29 is 19.4 Å². The van der Waals surface area contributed by atoms with Crippen LogP contribution in [0.3, 0.4) is 0 Å². The van der Waals surface area contributed by atoms with Crippen molar-refractivity contribution >= 4 is 23.7 Å². The van der Waals surface area contributed by atoms with Crippen molar-refractivity contribution in [2.24, 2.45) is 4.99 Å². The molecule has 0 aromatic heterocycles. The molecule has 6 heteroatoms. The predicted molar refractivity (Wildman–Crippen MR) is 126 cm³/mol. The molecule has 164 valence electrons. The SMILES string of the molecule is COc1ccc(CC(=O)O)cc1/C(=N/CC=O)c1ccccc1N(C)Cc1ccccc1. The topological polar surface area (TPSA) is 79.2 Å². The molecule has 0 heterocycles. The largest absolute Gasteiger partial charge is 0.496 e. The summed E-state index contributed by atoms with van der Waals surface area (Å²) in [5.41, 5.74) is 4.79. The van der Waals surface area contributed by atoms with Crippen LogP contribution < -0.4 is 9.64 Å². The highest BCUT2D eigenvalue weighted by Crippen LogP contribution is 2.29. The average Bonchev–Trinajstić information content (AvgIpc) is 2.80. The number of aliphatic carboxylic acids is 1. The zero-order valence-corrected chi connectivity index (χ0v) is 18.2. The molecule has 0 amide bonds. The number of carbonyl (C=O) groups excluding carboxylic acids is 1. The van der Waals surface area contributed by atoms with E-state index in [2.05, 4.69) is 22.0 Å². The van der Waals surface area contributed by atoms with Crippen LogP contribution in [0.1, 0.15) is 22.3 Å². The number of hydrogen-bond donors (Lipinski definition) is 1. The molecule has 6 nitrogen and oxygen atoms in total. The number of aliphatic imine (C=N–C) groups is 1. The minimum atomic E-state index is -0.921. The number of hydrogen-bond acceptors (Lipinski definition) is 5. The number of carboxylic acids is 1. The van der Waals surface area contributed by atoms with E-state index in [1.165, 1.54) is 0 Å². The van der Waals surface area contributed by atoms with Gasteiger partial charge in [0.1, 0.15) is 12.0 Å². The molecule has 3 rings (SSSR count). The first-order valence-electron chi connectivity index (χ1n) is 10.2. The second kappa shape index (κ2) is 10.9. The highest BCUT2D eigenvalue weighted by atomic mass is 16.5. The summed E-state index contributed by atoms with van der Waals surface area (Å²) in [6.45, 7) is 0.674. The lowest BCUT2D eigenvalue weighted by atomic mass is 9.96. The molecule has 3 aromatic carbocycles. The zero-order chi connectivity index (χ0) is 22.9. The molecule has 0 saturated heterocycles. The number of rotatable bonds is 10. The van der Waals surface area contributed by atoms with Gasteiger partial charge < -0.3 is 19.5 Å². The Morgan fingerprint density at radius 3 is 2.41 bits per heavy atom. The molecule has 0 aliphatic rings. The van der Waals surface area contributed by atoms with E-state index in [0.717, 1.165) is 23.1 Å². The maximum atomic E-state index is 11.2. The number of carbonyl (C=O) groups is 2. The van der Waals surface area contributed by atoms with Crippen molar-refractivity contribution in [2.45, 2.75) is 13.0 Å². The summed E-state index contributed by atoms with van der Waals surface area (Å²) >= 11 is 0. The molecule has 0 saturated carbocycles. The Kier molecular flexibility index (Phi) is 7.75. The van der Waals surface area contributed by atoms with Crippen molar-refractivity contribution in [3.8, 4) is 5.75 Å². The molecule has 32 heavy (non-hydrogen) atoms. The first kappa shape index (κ1) is 22.7. The summed E-state index contributed by atoms with van der Waals surface area (Å²) in [6.07, 6.45) is 0.622. The van der Waals surface area contributed by atoms with Crippen LogP contribution in [0.25, 0.3) is 0 Å². The van der Waals surface area contributed by atoms with Gasteiger partial charge in [0, 0.05) is 30.4 Å². The fraction of sp³-hybridized carbons (Fsp3) is 0.192. The highest BCUT2D eigenvalue weighted by Gasteiger charge is 2.19. The zero-order valence-electron chi connectivity index (χ0n) is 18.2. The van der Waals surface area contributed by atoms with E-state index in [1.807, 2.05) is 49.5 Å². The molecule has 1 N–H and O–H groups in total. The minimum absolute atomic E-state index is 0.0155. The van der Waals surface area contributed by atoms with Gasteiger partial charge in [-0.1, -0.05) is 54.6 Å². The Balaban J connectivity index is 2.10. The normalized spacial score (nSPS) is 11.1. The van der Waals surface area contributed by atoms with Gasteiger partial charge in [-0.05, 0) is 29.3 Å². The van der Waals surface area contributed by atoms with Crippen LogP contribution >= 0.6 is 0 Å². The Hall–Kier alpha value is -3.93. The van der Waals surface area contributed by atoms with Gasteiger partial charge >= 0.3 is 5.97 Å². The van der Waals surface area contributed by atoms with Crippen LogP contribution in [-0.4, -0.2) is 43.8 Å². The van der Waals surface area contributed by atoms with Crippen molar-refractivity contribution in [2.75, 3.05) is 25.6 Å². The fourth-order valence-electron chi connectivity index (χ4n) is 3.62. The van der Waals surface area contributed by atoms with E-state index >= 15 is 0 Å². The van der Waals surface area contributed by atoms with Gasteiger partial charge in [-0.3, -0.25) is 9.79 Å². The number of aldehydes is 1. The summed E-state index contributed by atoms with van der Waals surface area (Å²) in [6, 6.07) is 23.2. The Labute approximate surface area is 187 Å². The third-order valence-corrected chi connectivity index (χ3v) is 5.03. The molecule has 0 bridgehead atoms. The number of methoxy groups -OCH3 is 1. The van der Waals surface area contributed by atoms with Gasteiger partial charge in [0.25, 0.3) is 0 Å². The molecular formula is C26H26N2O4. The van der Waals surface area contributed by atoms with E-state index in [9.17, 15) is 14.7 Å². The van der Waals surface area contributed by atoms with E-state index in [1.54, 1.807) is 25.3 Å². The van der Waals surface area contributed by atoms with Crippen LogP contribution in [0.4, 0.5) is 5.69 Å². The molecule has 0 atom stereocenters. The van der Waals surface area contributed by atoms with Crippen LogP contribution in [0.2, 0.25) is 0 Å². The number of nitrogens with zero attached hydrogens (tertiary/aromatic N) is 2. The number of ether oxygens (including phenoxy) is 1. The quantitative estimate of drug-likeness (QED) is 0.389. The third kappa shape index (κ3) is 5.60. The Bertz CT molecular complexity index is 1110. The van der Waals surface area contributed by atoms with Gasteiger partial charge in [-0.2, -0.15) is 0 Å². The van der Waals surface area contributed by atoms with E-state index < -0.39 is 5.97 Å². The van der Waals surface area contributed by atoms with Crippen molar-refractivity contribution in [1.29, 1.82) is 0 Å². The summed E-state index contributed by atoms with van der Waals surface area (Å²) in [5, 5.41) is 9.22. The summed E-state index contributed by atoms with van der Waals surface area (Å²) in [5.74, 6) is -0.361. The maximum absolute atomic E-state index is 11.2. The average molecular weight is 431 g/mol.